The highest BCUT2D eigenvalue weighted by molar-refractivity contribution is 5.75. The first-order valence-corrected chi connectivity index (χ1v) is 3.32. The molecule has 0 aromatic carbocycles. The predicted molar refractivity (Wildman–Crippen MR) is 40.1 cm³/mol. The molecule has 0 atom stereocenters. The van der Waals surface area contributed by atoms with Crippen molar-refractivity contribution < 1.29 is 4.79 Å². The molecule has 5 nitrogen and oxygen atoms in total. The zero-order valence-corrected chi connectivity index (χ0v) is 6.03. The molecule has 0 aliphatic carbocycles. The molecule has 0 saturated heterocycles. The summed E-state index contributed by atoms with van der Waals surface area (Å²) in [5, 5.41) is 6.30. The highest BCUT2D eigenvalue weighted by atomic mass is 16.2. The molecule has 11 heavy (non-hydrogen) atoms. The standard InChI is InChI=1S/C6H10N4O/c7-2-4-8-6(11)10-5-1-3-9-10/h1,3,5H,2,4,7H2,(H,8,11). The van der Waals surface area contributed by atoms with E-state index in [1.807, 2.05) is 0 Å². The normalized spacial score (nSPS) is 9.55. The second-order valence-corrected chi connectivity index (χ2v) is 1.97. The second kappa shape index (κ2) is 3.72. The molecule has 3 N–H and O–H groups in total. The molecular weight excluding hydrogens is 144 g/mol. The van der Waals surface area contributed by atoms with E-state index in [1.54, 1.807) is 18.5 Å². The van der Waals surface area contributed by atoms with Crippen LogP contribution in [-0.2, 0) is 0 Å². The minimum Gasteiger partial charge on any atom is -0.335 e. The number of hydrogen-bond acceptors (Lipinski definition) is 3. The van der Waals surface area contributed by atoms with Gasteiger partial charge in [0, 0.05) is 25.5 Å². The molecule has 0 aliphatic rings. The van der Waals surface area contributed by atoms with E-state index >= 15 is 0 Å². The quantitative estimate of drug-likeness (QED) is 0.597. The Balaban J connectivity index is 2.43. The van der Waals surface area contributed by atoms with E-state index in [0.29, 0.717) is 13.1 Å². The summed E-state index contributed by atoms with van der Waals surface area (Å²) in [7, 11) is 0. The van der Waals surface area contributed by atoms with Gasteiger partial charge in [-0.3, -0.25) is 0 Å². The van der Waals surface area contributed by atoms with Gasteiger partial charge in [0.15, 0.2) is 0 Å². The van der Waals surface area contributed by atoms with Crippen LogP contribution in [0.25, 0.3) is 0 Å². The summed E-state index contributed by atoms with van der Waals surface area (Å²) in [6.07, 6.45) is 3.12. The van der Waals surface area contributed by atoms with Crippen molar-refractivity contribution in [1.29, 1.82) is 0 Å². The van der Waals surface area contributed by atoms with Gasteiger partial charge in [0.05, 0.1) is 0 Å². The highest BCUT2D eigenvalue weighted by Crippen LogP contribution is 1.81. The maximum atomic E-state index is 11.0. The first-order valence-electron chi connectivity index (χ1n) is 3.32. The van der Waals surface area contributed by atoms with E-state index in [1.165, 1.54) is 4.68 Å². The number of nitrogens with two attached hydrogens (primary N) is 1. The van der Waals surface area contributed by atoms with Crippen LogP contribution >= 0.6 is 0 Å². The van der Waals surface area contributed by atoms with Crippen molar-refractivity contribution in [3.63, 3.8) is 0 Å². The summed E-state index contributed by atoms with van der Waals surface area (Å²) in [5.74, 6) is 0. The summed E-state index contributed by atoms with van der Waals surface area (Å²) < 4.78 is 1.22. The molecule has 1 amide bonds. The van der Waals surface area contributed by atoms with Gasteiger partial charge in [0.2, 0.25) is 0 Å². The molecule has 1 heterocycles. The smallest absolute Gasteiger partial charge is 0.335 e. The SMILES string of the molecule is NCCNC(=O)n1cccn1. The summed E-state index contributed by atoms with van der Waals surface area (Å²) >= 11 is 0. The van der Waals surface area contributed by atoms with Gasteiger partial charge in [-0.15, -0.1) is 0 Å². The van der Waals surface area contributed by atoms with Crippen LogP contribution < -0.4 is 11.1 Å². The Bertz CT molecular complexity index is 218. The van der Waals surface area contributed by atoms with Crippen LogP contribution in [0.2, 0.25) is 0 Å². The number of aromatic nitrogens is 2. The second-order valence-electron chi connectivity index (χ2n) is 1.97. The first-order chi connectivity index (χ1) is 5.34. The third kappa shape index (κ3) is 2.05. The fraction of sp³-hybridized carbons (Fsp3) is 0.333. The molecule has 0 radical (unpaired) electrons. The number of rotatable bonds is 2. The Morgan fingerprint density at radius 1 is 1.73 bits per heavy atom. The van der Waals surface area contributed by atoms with E-state index in [2.05, 4.69) is 10.4 Å². The van der Waals surface area contributed by atoms with Gasteiger partial charge < -0.3 is 11.1 Å². The van der Waals surface area contributed by atoms with Crippen molar-refractivity contribution in [2.75, 3.05) is 13.1 Å². The third-order valence-corrected chi connectivity index (χ3v) is 1.13. The lowest BCUT2D eigenvalue weighted by Crippen LogP contribution is -2.32. The molecule has 1 rings (SSSR count). The molecule has 0 spiro atoms. The average molecular weight is 154 g/mol. The zero-order valence-electron chi connectivity index (χ0n) is 6.03. The fourth-order valence-corrected chi connectivity index (χ4v) is 0.649. The van der Waals surface area contributed by atoms with E-state index in [4.69, 9.17) is 5.73 Å². The summed E-state index contributed by atoms with van der Waals surface area (Å²) in [5.41, 5.74) is 5.19. The molecule has 0 fully saturated rings. The Kier molecular flexibility index (Phi) is 2.62. The van der Waals surface area contributed by atoms with Gasteiger partial charge >= 0.3 is 6.03 Å². The van der Waals surface area contributed by atoms with Crippen molar-refractivity contribution in [1.82, 2.24) is 15.1 Å². The number of carbonyl (C=O) groups excluding carboxylic acids is 1. The third-order valence-electron chi connectivity index (χ3n) is 1.13. The Labute approximate surface area is 64.2 Å². The molecule has 0 unspecified atom stereocenters. The molecule has 0 aliphatic heterocycles. The monoisotopic (exact) mass is 154 g/mol. The largest absolute Gasteiger partial charge is 0.342 e. The maximum absolute atomic E-state index is 11.0. The van der Waals surface area contributed by atoms with Gasteiger partial charge in [-0.2, -0.15) is 9.78 Å². The van der Waals surface area contributed by atoms with Crippen LogP contribution in [0.4, 0.5) is 4.79 Å². The zero-order chi connectivity index (χ0) is 8.10. The van der Waals surface area contributed by atoms with Crippen molar-refractivity contribution in [3.05, 3.63) is 18.5 Å². The molecule has 1 aromatic heterocycles. The van der Waals surface area contributed by atoms with Crippen LogP contribution in [0, 0.1) is 0 Å². The van der Waals surface area contributed by atoms with Crippen molar-refractivity contribution in [3.8, 4) is 0 Å². The number of nitrogens with zero attached hydrogens (tertiary/aromatic N) is 2. The topological polar surface area (TPSA) is 72.9 Å². The van der Waals surface area contributed by atoms with Gasteiger partial charge in [0.25, 0.3) is 0 Å². The van der Waals surface area contributed by atoms with Crippen molar-refractivity contribution in [2.24, 2.45) is 5.73 Å². The van der Waals surface area contributed by atoms with Crippen molar-refractivity contribution >= 4 is 6.03 Å². The highest BCUT2D eigenvalue weighted by Gasteiger charge is 1.99. The molecule has 0 saturated carbocycles. The average Bonchev–Trinajstić information content (AvgIpc) is 2.52. The van der Waals surface area contributed by atoms with E-state index < -0.39 is 0 Å². The van der Waals surface area contributed by atoms with Crippen LogP contribution in [0.15, 0.2) is 18.5 Å². The molecular formula is C6H10N4O. The summed E-state index contributed by atoms with van der Waals surface area (Å²) in [4.78, 5) is 11.0. The van der Waals surface area contributed by atoms with Gasteiger partial charge in [-0.05, 0) is 6.07 Å². The summed E-state index contributed by atoms with van der Waals surface area (Å²) in [6, 6.07) is 1.43. The molecule has 60 valence electrons. The Morgan fingerprint density at radius 3 is 3.09 bits per heavy atom. The van der Waals surface area contributed by atoms with Crippen LogP contribution in [0.5, 0.6) is 0 Å². The lowest BCUT2D eigenvalue weighted by molar-refractivity contribution is 0.240. The van der Waals surface area contributed by atoms with Crippen LogP contribution in [0.1, 0.15) is 0 Å². The molecule has 1 aromatic rings. The maximum Gasteiger partial charge on any atom is 0.342 e. The van der Waals surface area contributed by atoms with Gasteiger partial charge in [0.1, 0.15) is 0 Å². The van der Waals surface area contributed by atoms with Crippen LogP contribution in [0.3, 0.4) is 0 Å². The predicted octanol–water partition coefficient (Wildman–Crippen LogP) is -0.601. The number of hydrogen-bond donors (Lipinski definition) is 2. The Hall–Kier alpha value is -1.36. The van der Waals surface area contributed by atoms with E-state index in [0.717, 1.165) is 0 Å². The first kappa shape index (κ1) is 7.74. The van der Waals surface area contributed by atoms with Crippen LogP contribution in [-0.4, -0.2) is 28.9 Å². The van der Waals surface area contributed by atoms with Gasteiger partial charge in [-0.1, -0.05) is 0 Å². The molecule has 5 heteroatoms. The lowest BCUT2D eigenvalue weighted by atomic mass is 10.6. The Morgan fingerprint density at radius 2 is 2.55 bits per heavy atom. The minimum absolute atomic E-state index is 0.250. The van der Waals surface area contributed by atoms with E-state index in [-0.39, 0.29) is 6.03 Å². The van der Waals surface area contributed by atoms with Gasteiger partial charge in [-0.25, -0.2) is 4.79 Å². The summed E-state index contributed by atoms with van der Waals surface area (Å²) in [6.45, 7) is 0.908. The number of carbonyl (C=O) groups is 1. The minimum atomic E-state index is -0.250. The lowest BCUT2D eigenvalue weighted by Gasteiger charge is -2.00. The number of nitrogens with one attached hydrogen (secondary N) is 1. The van der Waals surface area contributed by atoms with E-state index in [9.17, 15) is 4.79 Å². The molecule has 0 bridgehead atoms. The number of amides is 1. The van der Waals surface area contributed by atoms with Crippen molar-refractivity contribution in [2.45, 2.75) is 0 Å². The fourth-order valence-electron chi connectivity index (χ4n) is 0.649.